The maximum atomic E-state index is 2.22. The number of fused-ring (bicyclic) bond motifs is 3. The van der Waals surface area contributed by atoms with Gasteiger partial charge in [-0.15, -0.1) is 0 Å². The van der Waals surface area contributed by atoms with Crippen molar-refractivity contribution in [2.75, 3.05) is 0 Å². The van der Waals surface area contributed by atoms with Crippen LogP contribution in [0.25, 0.3) is 11.1 Å². The van der Waals surface area contributed by atoms with Crippen molar-refractivity contribution in [2.24, 2.45) is 0 Å². The number of benzene rings is 2. The molecule has 3 aromatic rings. The molecule has 0 heteroatoms. The van der Waals surface area contributed by atoms with E-state index in [1.807, 2.05) is 30.3 Å². The van der Waals surface area contributed by atoms with Gasteiger partial charge in [0.25, 0.3) is 0 Å². The maximum Gasteiger partial charge on any atom is -0.00135 e. The predicted octanol–water partition coefficient (Wildman–Crippen LogP) is 4.66. The van der Waals surface area contributed by atoms with Crippen molar-refractivity contribution in [3.63, 3.8) is 0 Å². The highest BCUT2D eigenvalue weighted by Crippen LogP contribution is 2.35. The fourth-order valence-corrected chi connectivity index (χ4v) is 2.40. The molecule has 1 aliphatic rings. The molecule has 4 rings (SSSR count). The summed E-state index contributed by atoms with van der Waals surface area (Å²) in [6, 6.07) is 27.3. The van der Waals surface area contributed by atoms with Crippen LogP contribution in [0.3, 0.4) is 0 Å². The fraction of sp³-hybridized carbons (Fsp3) is 0.0556. The molecule has 0 aromatic heterocycles. The van der Waals surface area contributed by atoms with E-state index >= 15 is 0 Å². The van der Waals surface area contributed by atoms with Gasteiger partial charge in [-0.05, 0) is 28.7 Å². The van der Waals surface area contributed by atoms with Crippen LogP contribution in [0.15, 0.2) is 78.9 Å². The van der Waals surface area contributed by atoms with Crippen LogP contribution in [0.4, 0.5) is 0 Å². The van der Waals surface area contributed by atoms with E-state index in [9.17, 15) is 0 Å². The summed E-state index contributed by atoms with van der Waals surface area (Å²) in [5.41, 5.74) is 5.75. The van der Waals surface area contributed by atoms with Gasteiger partial charge in [0.15, 0.2) is 0 Å². The average molecular weight is 231 g/mol. The van der Waals surface area contributed by atoms with Crippen molar-refractivity contribution in [1.29, 1.82) is 0 Å². The zero-order valence-electron chi connectivity index (χ0n) is 10.2. The number of hydrogen-bond donors (Lipinski definition) is 0. The lowest BCUT2D eigenvalue weighted by molar-refractivity contribution is 1.26. The smallest absolute Gasteiger partial charge is 0.00135 e. The van der Waals surface area contributed by atoms with E-state index in [1.165, 1.54) is 22.3 Å². The van der Waals surface area contributed by atoms with Crippen molar-refractivity contribution in [1.82, 2.24) is 0 Å². The summed E-state index contributed by atoms with van der Waals surface area (Å²) in [6.07, 6.45) is 1.10. The molecule has 0 bridgehead atoms. The summed E-state index contributed by atoms with van der Waals surface area (Å²) >= 11 is 0. The molecule has 0 atom stereocenters. The van der Waals surface area contributed by atoms with E-state index in [1.54, 1.807) is 0 Å². The van der Waals surface area contributed by atoms with E-state index in [2.05, 4.69) is 48.5 Å². The molecule has 0 radical (unpaired) electrons. The summed E-state index contributed by atoms with van der Waals surface area (Å²) in [4.78, 5) is 0. The summed E-state index contributed by atoms with van der Waals surface area (Å²) < 4.78 is 0. The third-order valence-electron chi connectivity index (χ3n) is 3.26. The van der Waals surface area contributed by atoms with Crippen molar-refractivity contribution in [3.8, 4) is 11.1 Å². The van der Waals surface area contributed by atoms with Gasteiger partial charge < -0.3 is 0 Å². The van der Waals surface area contributed by atoms with Crippen LogP contribution in [-0.4, -0.2) is 0 Å². The van der Waals surface area contributed by atoms with Crippen molar-refractivity contribution >= 4 is 0 Å². The summed E-state index contributed by atoms with van der Waals surface area (Å²) in [5, 5.41) is 0. The number of hydrogen-bond acceptors (Lipinski definition) is 0. The first kappa shape index (κ1) is 10.9. The lowest BCUT2D eigenvalue weighted by atomic mass is 10.1. The highest BCUT2D eigenvalue weighted by Gasteiger charge is 2.15. The van der Waals surface area contributed by atoms with Crippen molar-refractivity contribution in [2.45, 2.75) is 6.42 Å². The highest BCUT2D eigenvalue weighted by molar-refractivity contribution is 5.76. The zero-order valence-corrected chi connectivity index (χ0v) is 10.2. The second-order valence-corrected chi connectivity index (χ2v) is 4.45. The third-order valence-corrected chi connectivity index (χ3v) is 3.26. The monoisotopic (exact) mass is 231 g/mol. The Hall–Kier alpha value is -2.21. The van der Waals surface area contributed by atoms with E-state index in [0.717, 1.165) is 6.42 Å². The van der Waals surface area contributed by atoms with E-state index in [4.69, 9.17) is 0 Å². The van der Waals surface area contributed by atoms with Crippen LogP contribution in [-0.2, 0) is 6.42 Å². The Kier molecular flexibility index (Phi) is 3.01. The Morgan fingerprint density at radius 1 is 0.611 bits per heavy atom. The second-order valence-electron chi connectivity index (χ2n) is 4.45. The Morgan fingerprint density at radius 3 is 1.56 bits per heavy atom. The van der Waals surface area contributed by atoms with E-state index in [0.29, 0.717) is 0 Å². The molecule has 18 heavy (non-hydrogen) atoms. The standard InChI is InChI=1S/C13H10.C5H5/c1-3-7-12-10(5-1)9-11-6-2-4-8-13(11)12;1-2-4-5-3-1/h1-8H,9H2;1-5H/q;-1. The molecule has 0 fully saturated rings. The van der Waals surface area contributed by atoms with Crippen LogP contribution >= 0.6 is 0 Å². The van der Waals surface area contributed by atoms with Gasteiger partial charge in [-0.1, -0.05) is 48.5 Å². The highest BCUT2D eigenvalue weighted by atomic mass is 14.2. The van der Waals surface area contributed by atoms with Gasteiger partial charge in [-0.25, -0.2) is 12.1 Å². The van der Waals surface area contributed by atoms with Gasteiger partial charge in [0.1, 0.15) is 0 Å². The fourth-order valence-electron chi connectivity index (χ4n) is 2.40. The van der Waals surface area contributed by atoms with Crippen LogP contribution < -0.4 is 0 Å². The lowest BCUT2D eigenvalue weighted by Crippen LogP contribution is -1.77. The van der Waals surface area contributed by atoms with Crippen LogP contribution in [0.5, 0.6) is 0 Å². The second kappa shape index (κ2) is 4.97. The minimum atomic E-state index is 1.10. The molecule has 3 aromatic carbocycles. The minimum Gasteiger partial charge on any atom is -0.214 e. The van der Waals surface area contributed by atoms with Gasteiger partial charge in [-0.2, -0.15) is 18.2 Å². The maximum absolute atomic E-state index is 2.22. The van der Waals surface area contributed by atoms with Crippen LogP contribution in [0, 0.1) is 0 Å². The topological polar surface area (TPSA) is 0 Å². The van der Waals surface area contributed by atoms with Crippen molar-refractivity contribution in [3.05, 3.63) is 90.0 Å². The van der Waals surface area contributed by atoms with E-state index < -0.39 is 0 Å². The average Bonchev–Trinajstić information content (AvgIpc) is 3.10. The largest absolute Gasteiger partial charge is 0.214 e. The molecule has 0 heterocycles. The van der Waals surface area contributed by atoms with Gasteiger partial charge in [-0.3, -0.25) is 0 Å². The molecule has 0 saturated carbocycles. The molecular weight excluding hydrogens is 216 g/mol. The summed E-state index contributed by atoms with van der Waals surface area (Å²) in [7, 11) is 0. The molecule has 0 unspecified atom stereocenters. The molecule has 0 amide bonds. The first-order valence-electron chi connectivity index (χ1n) is 6.28. The molecule has 0 aliphatic heterocycles. The molecule has 1 aliphatic carbocycles. The SMILES string of the molecule is c1cc[cH-]c1.c1ccc2c(c1)Cc1ccccc1-2. The van der Waals surface area contributed by atoms with Gasteiger partial charge >= 0.3 is 0 Å². The van der Waals surface area contributed by atoms with Gasteiger partial charge in [0, 0.05) is 0 Å². The molecular formula is C18H15-. The first-order chi connectivity index (χ1) is 8.95. The van der Waals surface area contributed by atoms with Gasteiger partial charge in [0.05, 0.1) is 0 Å². The summed E-state index contributed by atoms with van der Waals surface area (Å²) in [6.45, 7) is 0. The van der Waals surface area contributed by atoms with Crippen LogP contribution in [0.2, 0.25) is 0 Å². The Morgan fingerprint density at radius 2 is 1.11 bits per heavy atom. The molecule has 0 spiro atoms. The predicted molar refractivity (Wildman–Crippen MR) is 76.7 cm³/mol. The molecule has 88 valence electrons. The lowest BCUT2D eigenvalue weighted by Gasteiger charge is -1.98. The molecule has 0 nitrogen and oxygen atoms in total. The normalized spacial score (nSPS) is 11.1. The Labute approximate surface area is 108 Å². The van der Waals surface area contributed by atoms with Crippen LogP contribution in [0.1, 0.15) is 11.1 Å². The third kappa shape index (κ3) is 2.10. The number of rotatable bonds is 0. The molecule has 0 saturated heterocycles. The Bertz CT molecular complexity index is 557. The zero-order chi connectivity index (χ0) is 12.2. The first-order valence-corrected chi connectivity index (χ1v) is 6.28. The molecule has 0 N–H and O–H groups in total. The Balaban J connectivity index is 0.000000169. The van der Waals surface area contributed by atoms with Gasteiger partial charge in [0.2, 0.25) is 0 Å². The minimum absolute atomic E-state index is 1.10. The summed E-state index contributed by atoms with van der Waals surface area (Å²) in [5.74, 6) is 0. The van der Waals surface area contributed by atoms with E-state index in [-0.39, 0.29) is 0 Å². The van der Waals surface area contributed by atoms with Crippen molar-refractivity contribution < 1.29 is 0 Å². The quantitative estimate of drug-likeness (QED) is 0.386.